The van der Waals surface area contributed by atoms with E-state index in [1.165, 1.54) is 18.2 Å². The normalized spacial score (nSPS) is 10.2. The van der Waals surface area contributed by atoms with E-state index in [0.717, 1.165) is 11.1 Å². The largest absolute Gasteiger partial charge is 0.484 e. The van der Waals surface area contributed by atoms with Crippen LogP contribution in [-0.2, 0) is 4.79 Å². The number of ether oxygens (including phenoxy) is 1. The van der Waals surface area contributed by atoms with Gasteiger partial charge in [-0.25, -0.2) is 4.39 Å². The Balaban J connectivity index is 1.92. The van der Waals surface area contributed by atoms with E-state index in [1.807, 2.05) is 32.0 Å². The van der Waals surface area contributed by atoms with Crippen molar-refractivity contribution in [3.05, 3.63) is 59.4 Å². The molecule has 0 heterocycles. The summed E-state index contributed by atoms with van der Waals surface area (Å²) in [7, 11) is 0. The van der Waals surface area contributed by atoms with Crippen LogP contribution in [0, 0.1) is 19.7 Å². The number of aryl methyl sites for hydroxylation is 2. The van der Waals surface area contributed by atoms with Gasteiger partial charge in [0, 0.05) is 5.69 Å². The van der Waals surface area contributed by atoms with Gasteiger partial charge in [-0.3, -0.25) is 4.79 Å². The number of halogens is 1. The van der Waals surface area contributed by atoms with Crippen molar-refractivity contribution in [3.8, 4) is 5.75 Å². The highest BCUT2D eigenvalue weighted by molar-refractivity contribution is 5.91. The van der Waals surface area contributed by atoms with E-state index >= 15 is 0 Å². The topological polar surface area (TPSA) is 38.3 Å². The molecule has 0 aliphatic rings. The number of carbonyl (C=O) groups excluding carboxylic acids is 1. The monoisotopic (exact) mass is 273 g/mol. The van der Waals surface area contributed by atoms with E-state index < -0.39 is 5.82 Å². The van der Waals surface area contributed by atoms with Gasteiger partial charge < -0.3 is 10.1 Å². The van der Waals surface area contributed by atoms with Gasteiger partial charge in [-0.15, -0.1) is 0 Å². The summed E-state index contributed by atoms with van der Waals surface area (Å²) >= 11 is 0. The summed E-state index contributed by atoms with van der Waals surface area (Å²) in [6.07, 6.45) is 0. The molecule has 0 bridgehead atoms. The van der Waals surface area contributed by atoms with Gasteiger partial charge in [0.2, 0.25) is 0 Å². The van der Waals surface area contributed by atoms with Gasteiger partial charge in [0.25, 0.3) is 5.91 Å². The van der Waals surface area contributed by atoms with Crippen molar-refractivity contribution >= 4 is 11.6 Å². The zero-order chi connectivity index (χ0) is 14.5. The Hall–Kier alpha value is -2.36. The Bertz CT molecular complexity index is 605. The maximum atomic E-state index is 13.0. The van der Waals surface area contributed by atoms with Crippen LogP contribution >= 0.6 is 0 Å². The standard InChI is InChI=1S/C16H16FNO2/c1-11-6-12(2)8-15(7-11)20-10-16(19)18-14-5-3-4-13(17)9-14/h3-9H,10H2,1-2H3,(H,18,19). The second-order valence-corrected chi connectivity index (χ2v) is 4.67. The lowest BCUT2D eigenvalue weighted by Gasteiger charge is -2.09. The highest BCUT2D eigenvalue weighted by Crippen LogP contribution is 2.16. The predicted molar refractivity (Wildman–Crippen MR) is 76.4 cm³/mol. The van der Waals surface area contributed by atoms with Crippen molar-refractivity contribution < 1.29 is 13.9 Å². The van der Waals surface area contributed by atoms with E-state index in [2.05, 4.69) is 5.32 Å². The number of benzene rings is 2. The first-order valence-corrected chi connectivity index (χ1v) is 6.29. The molecule has 2 aromatic carbocycles. The van der Waals surface area contributed by atoms with Crippen molar-refractivity contribution in [3.63, 3.8) is 0 Å². The molecule has 0 spiro atoms. The summed E-state index contributed by atoms with van der Waals surface area (Å²) in [5, 5.41) is 2.58. The fourth-order valence-corrected chi connectivity index (χ4v) is 1.93. The molecule has 2 aromatic rings. The van der Waals surface area contributed by atoms with Gasteiger partial charge in [0.1, 0.15) is 11.6 Å². The van der Waals surface area contributed by atoms with Crippen LogP contribution < -0.4 is 10.1 Å². The fraction of sp³-hybridized carbons (Fsp3) is 0.188. The number of anilines is 1. The third-order valence-corrected chi connectivity index (χ3v) is 2.67. The van der Waals surface area contributed by atoms with E-state index in [-0.39, 0.29) is 12.5 Å². The number of hydrogen-bond donors (Lipinski definition) is 1. The Morgan fingerprint density at radius 3 is 2.50 bits per heavy atom. The lowest BCUT2D eigenvalue weighted by molar-refractivity contribution is -0.118. The van der Waals surface area contributed by atoms with Gasteiger partial charge in [0.15, 0.2) is 6.61 Å². The SMILES string of the molecule is Cc1cc(C)cc(OCC(=O)Nc2cccc(F)c2)c1. The molecule has 0 fully saturated rings. The molecule has 0 saturated heterocycles. The molecule has 1 amide bonds. The fourth-order valence-electron chi connectivity index (χ4n) is 1.93. The van der Waals surface area contributed by atoms with Crippen molar-refractivity contribution in [2.75, 3.05) is 11.9 Å². The minimum absolute atomic E-state index is 0.112. The van der Waals surface area contributed by atoms with E-state index in [9.17, 15) is 9.18 Å². The lowest BCUT2D eigenvalue weighted by atomic mass is 10.1. The summed E-state index contributed by atoms with van der Waals surface area (Å²) in [6, 6.07) is 11.5. The van der Waals surface area contributed by atoms with Gasteiger partial charge in [-0.2, -0.15) is 0 Å². The molecule has 2 rings (SSSR count). The maximum absolute atomic E-state index is 13.0. The third kappa shape index (κ3) is 4.09. The molecule has 0 radical (unpaired) electrons. The quantitative estimate of drug-likeness (QED) is 0.926. The minimum Gasteiger partial charge on any atom is -0.484 e. The molecule has 0 unspecified atom stereocenters. The molecule has 0 atom stereocenters. The Labute approximate surface area is 117 Å². The summed E-state index contributed by atoms with van der Waals surface area (Å²) in [4.78, 5) is 11.7. The molecule has 1 N–H and O–H groups in total. The Morgan fingerprint density at radius 2 is 1.85 bits per heavy atom. The van der Waals surface area contributed by atoms with Gasteiger partial charge in [-0.05, 0) is 55.3 Å². The first-order valence-electron chi connectivity index (χ1n) is 6.29. The van der Waals surface area contributed by atoms with Crippen molar-refractivity contribution in [2.24, 2.45) is 0 Å². The van der Waals surface area contributed by atoms with Crippen LogP contribution in [-0.4, -0.2) is 12.5 Å². The molecule has 0 aromatic heterocycles. The van der Waals surface area contributed by atoms with Crippen LogP contribution in [0.25, 0.3) is 0 Å². The first kappa shape index (κ1) is 14.1. The summed E-state index contributed by atoms with van der Waals surface area (Å²) in [6.45, 7) is 3.82. The summed E-state index contributed by atoms with van der Waals surface area (Å²) in [5.74, 6) is -0.0651. The Kier molecular flexibility index (Phi) is 4.35. The lowest BCUT2D eigenvalue weighted by Crippen LogP contribution is -2.20. The molecule has 20 heavy (non-hydrogen) atoms. The highest BCUT2D eigenvalue weighted by Gasteiger charge is 2.05. The molecule has 0 aliphatic carbocycles. The van der Waals surface area contributed by atoms with Crippen molar-refractivity contribution in [1.82, 2.24) is 0 Å². The van der Waals surface area contributed by atoms with Crippen LogP contribution in [0.5, 0.6) is 5.75 Å². The average Bonchev–Trinajstić information content (AvgIpc) is 2.35. The molecule has 104 valence electrons. The predicted octanol–water partition coefficient (Wildman–Crippen LogP) is 3.46. The van der Waals surface area contributed by atoms with Crippen LogP contribution in [0.15, 0.2) is 42.5 Å². The van der Waals surface area contributed by atoms with Gasteiger partial charge in [-0.1, -0.05) is 12.1 Å². The Morgan fingerprint density at radius 1 is 1.15 bits per heavy atom. The van der Waals surface area contributed by atoms with Gasteiger partial charge in [0.05, 0.1) is 0 Å². The molecular formula is C16H16FNO2. The molecule has 3 nitrogen and oxygen atoms in total. The van der Waals surface area contributed by atoms with E-state index in [4.69, 9.17) is 4.74 Å². The number of amides is 1. The van der Waals surface area contributed by atoms with Crippen LogP contribution in [0.2, 0.25) is 0 Å². The summed E-state index contributed by atoms with van der Waals surface area (Å²) < 4.78 is 18.4. The number of rotatable bonds is 4. The zero-order valence-electron chi connectivity index (χ0n) is 11.4. The number of nitrogens with one attached hydrogen (secondary N) is 1. The van der Waals surface area contributed by atoms with Crippen molar-refractivity contribution in [2.45, 2.75) is 13.8 Å². The maximum Gasteiger partial charge on any atom is 0.262 e. The average molecular weight is 273 g/mol. The second-order valence-electron chi connectivity index (χ2n) is 4.67. The highest BCUT2D eigenvalue weighted by atomic mass is 19.1. The summed E-state index contributed by atoms with van der Waals surface area (Å²) in [5.41, 5.74) is 2.56. The number of hydrogen-bond acceptors (Lipinski definition) is 2. The van der Waals surface area contributed by atoms with Crippen LogP contribution in [0.3, 0.4) is 0 Å². The third-order valence-electron chi connectivity index (χ3n) is 2.67. The second kappa shape index (κ2) is 6.19. The zero-order valence-corrected chi connectivity index (χ0v) is 11.4. The van der Waals surface area contributed by atoms with Crippen molar-refractivity contribution in [1.29, 1.82) is 0 Å². The molecule has 0 saturated carbocycles. The minimum atomic E-state index is -0.391. The smallest absolute Gasteiger partial charge is 0.262 e. The van der Waals surface area contributed by atoms with E-state index in [1.54, 1.807) is 6.07 Å². The number of carbonyl (C=O) groups is 1. The molecule has 0 aliphatic heterocycles. The van der Waals surface area contributed by atoms with Gasteiger partial charge >= 0.3 is 0 Å². The first-order chi connectivity index (χ1) is 9.52. The van der Waals surface area contributed by atoms with Crippen LogP contribution in [0.4, 0.5) is 10.1 Å². The van der Waals surface area contributed by atoms with E-state index in [0.29, 0.717) is 11.4 Å². The molecular weight excluding hydrogens is 257 g/mol. The molecule has 4 heteroatoms. The van der Waals surface area contributed by atoms with Crippen LogP contribution in [0.1, 0.15) is 11.1 Å².